The predicted molar refractivity (Wildman–Crippen MR) is 127 cm³/mol. The number of hydrogen-bond donors (Lipinski definition) is 1. The number of oxazole rings is 1. The number of hydrogen-bond acceptors (Lipinski definition) is 3. The van der Waals surface area contributed by atoms with Crippen molar-refractivity contribution in [2.75, 3.05) is 5.32 Å². The number of carbonyl (C=O) groups excluding carboxylic acids is 1. The largest absolute Gasteiger partial charge is 0.436 e. The van der Waals surface area contributed by atoms with Crippen molar-refractivity contribution < 1.29 is 9.21 Å². The van der Waals surface area contributed by atoms with Crippen LogP contribution in [0.15, 0.2) is 77.2 Å². The van der Waals surface area contributed by atoms with Gasteiger partial charge >= 0.3 is 0 Å². The predicted octanol–water partition coefficient (Wildman–Crippen LogP) is 7.31. The number of halogens is 1. The molecule has 0 aliphatic heterocycles. The monoisotopic (exact) mass is 430 g/mol. The minimum atomic E-state index is -0.220. The number of rotatable bonds is 6. The molecule has 5 heteroatoms. The van der Waals surface area contributed by atoms with Gasteiger partial charge in [-0.05, 0) is 72.0 Å². The summed E-state index contributed by atoms with van der Waals surface area (Å²) < 4.78 is 5.95. The molecule has 156 valence electrons. The highest BCUT2D eigenvalue weighted by atomic mass is 35.5. The van der Waals surface area contributed by atoms with E-state index in [-0.39, 0.29) is 5.91 Å². The van der Waals surface area contributed by atoms with E-state index in [2.05, 4.69) is 36.3 Å². The molecule has 0 saturated heterocycles. The van der Waals surface area contributed by atoms with Gasteiger partial charge in [0.25, 0.3) is 0 Å². The zero-order valence-corrected chi connectivity index (χ0v) is 18.2. The van der Waals surface area contributed by atoms with E-state index in [1.165, 1.54) is 11.6 Å². The number of nitrogens with zero attached hydrogens (tertiary/aromatic N) is 1. The first-order valence-electron chi connectivity index (χ1n) is 10.3. The van der Waals surface area contributed by atoms with E-state index in [9.17, 15) is 4.79 Å². The molecule has 0 spiro atoms. The molecule has 4 aromatic rings. The van der Waals surface area contributed by atoms with E-state index in [0.29, 0.717) is 22.5 Å². The van der Waals surface area contributed by atoms with E-state index in [1.54, 1.807) is 18.2 Å². The lowest BCUT2D eigenvalue weighted by Crippen LogP contribution is -2.07. The van der Waals surface area contributed by atoms with Gasteiger partial charge in [-0.15, -0.1) is 0 Å². The molecule has 1 aromatic heterocycles. The average Bonchev–Trinajstić information content (AvgIpc) is 3.22. The van der Waals surface area contributed by atoms with Crippen LogP contribution in [0.25, 0.3) is 28.6 Å². The molecule has 1 amide bonds. The number of nitrogens with one attached hydrogen (secondary N) is 1. The van der Waals surface area contributed by atoms with Crippen LogP contribution in [-0.2, 0) is 4.79 Å². The number of amides is 1. The van der Waals surface area contributed by atoms with Gasteiger partial charge in [-0.3, -0.25) is 4.79 Å². The van der Waals surface area contributed by atoms with Gasteiger partial charge in [0, 0.05) is 22.3 Å². The van der Waals surface area contributed by atoms with Crippen LogP contribution in [0, 0.1) is 0 Å². The second-order valence-corrected chi connectivity index (χ2v) is 7.95. The fraction of sp³-hybridized carbons (Fsp3) is 0.154. The van der Waals surface area contributed by atoms with Gasteiger partial charge < -0.3 is 9.73 Å². The van der Waals surface area contributed by atoms with Crippen molar-refractivity contribution in [3.63, 3.8) is 0 Å². The standard InChI is InChI=1S/C26H23ClN2O2/c1-3-17(2)19-10-13-24-23(16-19)29-26(31-24)20-5-4-6-22(15-20)28-25(30)14-9-18-7-11-21(27)12-8-18/h4-17H,3H2,1-2H3,(H,28,30)/b14-9+/t17-/m0/s1. The van der Waals surface area contributed by atoms with E-state index in [1.807, 2.05) is 42.5 Å². The minimum Gasteiger partial charge on any atom is -0.436 e. The molecule has 0 fully saturated rings. The fourth-order valence-corrected chi connectivity index (χ4v) is 3.40. The minimum absolute atomic E-state index is 0.220. The van der Waals surface area contributed by atoms with Gasteiger partial charge in [0.2, 0.25) is 11.8 Å². The van der Waals surface area contributed by atoms with Crippen molar-refractivity contribution in [1.29, 1.82) is 0 Å². The Morgan fingerprint density at radius 1 is 1.13 bits per heavy atom. The Balaban J connectivity index is 1.51. The number of anilines is 1. The molecule has 31 heavy (non-hydrogen) atoms. The van der Waals surface area contributed by atoms with Crippen LogP contribution < -0.4 is 5.32 Å². The Morgan fingerprint density at radius 2 is 1.94 bits per heavy atom. The van der Waals surface area contributed by atoms with Crippen molar-refractivity contribution in [1.82, 2.24) is 4.98 Å². The quantitative estimate of drug-likeness (QED) is 0.326. The lowest BCUT2D eigenvalue weighted by molar-refractivity contribution is -0.111. The Hall–Kier alpha value is -3.37. The van der Waals surface area contributed by atoms with E-state index in [0.717, 1.165) is 28.6 Å². The van der Waals surface area contributed by atoms with Crippen LogP contribution in [-0.4, -0.2) is 10.9 Å². The average molecular weight is 431 g/mol. The first kappa shape index (κ1) is 20.9. The maximum Gasteiger partial charge on any atom is 0.248 e. The normalized spacial score (nSPS) is 12.4. The lowest BCUT2D eigenvalue weighted by Gasteiger charge is -2.07. The zero-order chi connectivity index (χ0) is 21.8. The van der Waals surface area contributed by atoms with E-state index < -0.39 is 0 Å². The zero-order valence-electron chi connectivity index (χ0n) is 17.4. The molecule has 0 unspecified atom stereocenters. The van der Waals surface area contributed by atoms with Gasteiger partial charge in [-0.1, -0.05) is 49.7 Å². The van der Waals surface area contributed by atoms with Gasteiger partial charge in [0.15, 0.2) is 5.58 Å². The van der Waals surface area contributed by atoms with Crippen molar-refractivity contribution in [2.24, 2.45) is 0 Å². The molecule has 4 nitrogen and oxygen atoms in total. The third-order valence-electron chi connectivity index (χ3n) is 5.27. The summed E-state index contributed by atoms with van der Waals surface area (Å²) in [6, 6.07) is 20.9. The molecule has 0 bridgehead atoms. The molecule has 0 aliphatic carbocycles. The summed E-state index contributed by atoms with van der Waals surface area (Å²) in [5, 5.41) is 3.54. The number of aromatic nitrogens is 1. The molecule has 1 atom stereocenters. The highest BCUT2D eigenvalue weighted by molar-refractivity contribution is 6.30. The molecule has 3 aromatic carbocycles. The fourth-order valence-electron chi connectivity index (χ4n) is 3.27. The van der Waals surface area contributed by atoms with Crippen molar-refractivity contribution in [3.8, 4) is 11.5 Å². The second-order valence-electron chi connectivity index (χ2n) is 7.51. The second kappa shape index (κ2) is 9.19. The van der Waals surface area contributed by atoms with E-state index >= 15 is 0 Å². The molecular formula is C26H23ClN2O2. The van der Waals surface area contributed by atoms with Crippen molar-refractivity contribution >= 4 is 40.4 Å². The number of benzene rings is 3. The van der Waals surface area contributed by atoms with Crippen LogP contribution in [0.1, 0.15) is 37.3 Å². The third kappa shape index (κ3) is 5.04. The molecule has 0 aliphatic rings. The summed E-state index contributed by atoms with van der Waals surface area (Å²) in [4.78, 5) is 17.0. The van der Waals surface area contributed by atoms with Gasteiger partial charge in [0.1, 0.15) is 5.52 Å². The van der Waals surface area contributed by atoms with Crippen LogP contribution in [0.4, 0.5) is 5.69 Å². The first-order valence-corrected chi connectivity index (χ1v) is 10.6. The lowest BCUT2D eigenvalue weighted by atomic mass is 9.98. The molecule has 4 rings (SSSR count). The van der Waals surface area contributed by atoms with Crippen LogP contribution in [0.3, 0.4) is 0 Å². The summed E-state index contributed by atoms with van der Waals surface area (Å²) in [6.45, 7) is 4.38. The van der Waals surface area contributed by atoms with Gasteiger partial charge in [-0.2, -0.15) is 0 Å². The highest BCUT2D eigenvalue weighted by Gasteiger charge is 2.11. The Morgan fingerprint density at radius 3 is 2.71 bits per heavy atom. The maximum absolute atomic E-state index is 12.3. The van der Waals surface area contributed by atoms with Gasteiger partial charge in [0.05, 0.1) is 0 Å². The smallest absolute Gasteiger partial charge is 0.248 e. The molecular weight excluding hydrogens is 408 g/mol. The maximum atomic E-state index is 12.3. The van der Waals surface area contributed by atoms with Crippen molar-refractivity contribution in [3.05, 3.63) is 89.0 Å². The molecule has 1 N–H and O–H groups in total. The van der Waals surface area contributed by atoms with Gasteiger partial charge in [-0.25, -0.2) is 4.98 Å². The summed E-state index contributed by atoms with van der Waals surface area (Å²) in [5.74, 6) is 0.788. The van der Waals surface area contributed by atoms with Crippen LogP contribution in [0.2, 0.25) is 5.02 Å². The summed E-state index contributed by atoms with van der Waals surface area (Å²) in [5.41, 5.74) is 5.22. The topological polar surface area (TPSA) is 55.1 Å². The Kier molecular flexibility index (Phi) is 6.19. The first-order chi connectivity index (χ1) is 15.0. The highest BCUT2D eigenvalue weighted by Crippen LogP contribution is 2.29. The molecule has 1 heterocycles. The SMILES string of the molecule is CC[C@H](C)c1ccc2oc(-c3cccc(NC(=O)/C=C/c4ccc(Cl)cc4)c3)nc2c1. The third-order valence-corrected chi connectivity index (χ3v) is 5.52. The Labute approximate surface area is 186 Å². The van der Waals surface area contributed by atoms with Crippen LogP contribution in [0.5, 0.6) is 0 Å². The van der Waals surface area contributed by atoms with Crippen molar-refractivity contribution in [2.45, 2.75) is 26.2 Å². The summed E-state index contributed by atoms with van der Waals surface area (Å²) in [6.07, 6.45) is 4.31. The number of fused-ring (bicyclic) bond motifs is 1. The summed E-state index contributed by atoms with van der Waals surface area (Å²) in [7, 11) is 0. The Bertz CT molecular complexity index is 1240. The van der Waals surface area contributed by atoms with Crippen LogP contribution >= 0.6 is 11.6 Å². The number of carbonyl (C=O) groups is 1. The summed E-state index contributed by atoms with van der Waals surface area (Å²) >= 11 is 5.88. The molecule has 0 radical (unpaired) electrons. The van der Waals surface area contributed by atoms with E-state index in [4.69, 9.17) is 16.0 Å². The molecule has 0 saturated carbocycles.